The highest BCUT2D eigenvalue weighted by atomic mass is 35.5. The molecule has 4 nitrogen and oxygen atoms in total. The molecule has 2 aromatic rings. The van der Waals surface area contributed by atoms with Crippen LogP contribution in [-0.4, -0.2) is 34.8 Å². The van der Waals surface area contributed by atoms with Gasteiger partial charge in [0.2, 0.25) is 0 Å². The summed E-state index contributed by atoms with van der Waals surface area (Å²) in [5, 5.41) is 8.27. The Balaban J connectivity index is 2.25. The van der Waals surface area contributed by atoms with Crippen molar-refractivity contribution in [1.29, 1.82) is 0 Å². The molecule has 0 aliphatic heterocycles. The van der Waals surface area contributed by atoms with Gasteiger partial charge in [0.05, 0.1) is 28.0 Å². The Morgan fingerprint density at radius 3 is 2.50 bits per heavy atom. The van der Waals surface area contributed by atoms with Crippen LogP contribution in [0.4, 0.5) is 0 Å². The van der Waals surface area contributed by atoms with E-state index in [4.69, 9.17) is 27.9 Å². The number of hydrogen-bond donors (Lipinski definition) is 1. The topological polar surface area (TPSA) is 41.2 Å². The Hall–Kier alpha value is -1.23. The van der Waals surface area contributed by atoms with Gasteiger partial charge < -0.3 is 9.64 Å². The predicted octanol–water partition coefficient (Wildman–Crippen LogP) is 5.40. The van der Waals surface area contributed by atoms with Gasteiger partial charge in [-0.3, -0.25) is 5.10 Å². The summed E-state index contributed by atoms with van der Waals surface area (Å²) in [7, 11) is 2.12. The van der Waals surface area contributed by atoms with Gasteiger partial charge in [-0.15, -0.1) is 0 Å². The minimum Gasteiger partial charge on any atom is -0.488 e. The van der Waals surface area contributed by atoms with Crippen molar-refractivity contribution < 1.29 is 4.74 Å². The summed E-state index contributed by atoms with van der Waals surface area (Å²) in [6, 6.07) is 3.74. The fraction of sp³-hybridized carbons (Fsp3) is 0.500. The van der Waals surface area contributed by atoms with Crippen LogP contribution in [0.15, 0.2) is 18.3 Å². The third kappa shape index (κ3) is 4.88. The largest absolute Gasteiger partial charge is 0.488 e. The Labute approximate surface area is 154 Å². The minimum absolute atomic E-state index is 0.0146. The van der Waals surface area contributed by atoms with Crippen LogP contribution in [-0.2, 0) is 6.54 Å². The molecule has 2 rings (SSSR count). The molecule has 0 spiro atoms. The Kier molecular flexibility index (Phi) is 6.96. The molecule has 0 atom stereocenters. The summed E-state index contributed by atoms with van der Waals surface area (Å²) in [6.07, 6.45) is 4.24. The lowest BCUT2D eigenvalue weighted by atomic mass is 10.1. The molecular formula is C18H25Cl2N3O. The normalized spacial score (nSPS) is 11.5. The average Bonchev–Trinajstić information content (AvgIpc) is 2.96. The fourth-order valence-electron chi connectivity index (χ4n) is 2.53. The van der Waals surface area contributed by atoms with E-state index in [9.17, 15) is 0 Å². The molecule has 0 saturated carbocycles. The van der Waals surface area contributed by atoms with E-state index in [0.29, 0.717) is 15.8 Å². The number of nitrogens with one attached hydrogen (secondary N) is 1. The Morgan fingerprint density at radius 1 is 1.25 bits per heavy atom. The summed E-state index contributed by atoms with van der Waals surface area (Å²) in [5.41, 5.74) is 2.98. The fourth-order valence-corrected chi connectivity index (χ4v) is 3.11. The second kappa shape index (κ2) is 8.75. The van der Waals surface area contributed by atoms with E-state index in [1.54, 1.807) is 0 Å². The first-order valence-electron chi connectivity index (χ1n) is 8.29. The standard InChI is InChI=1S/C18H25Cl2N3O/c1-5-6-7-23(4)11-14-10-21-22-17(14)13-8-15(19)18(16(20)9-13)24-12(2)3/h8-10,12H,5-7,11H2,1-4H3,(H,21,22). The summed E-state index contributed by atoms with van der Waals surface area (Å²) < 4.78 is 5.69. The summed E-state index contributed by atoms with van der Waals surface area (Å²) in [4.78, 5) is 2.29. The van der Waals surface area contributed by atoms with Gasteiger partial charge in [-0.05, 0) is 46.0 Å². The monoisotopic (exact) mass is 369 g/mol. The van der Waals surface area contributed by atoms with Gasteiger partial charge in [-0.25, -0.2) is 0 Å². The molecule has 0 radical (unpaired) electrons. The number of halogens is 2. The molecule has 0 aliphatic carbocycles. The van der Waals surface area contributed by atoms with Crippen molar-refractivity contribution in [2.45, 2.75) is 46.3 Å². The molecule has 0 saturated heterocycles. The number of aromatic nitrogens is 2. The minimum atomic E-state index is 0.0146. The van der Waals surface area contributed by atoms with Crippen LogP contribution < -0.4 is 4.74 Å². The van der Waals surface area contributed by atoms with Crippen LogP contribution in [0, 0.1) is 0 Å². The van der Waals surface area contributed by atoms with Gasteiger partial charge in [-0.2, -0.15) is 5.10 Å². The molecule has 0 unspecified atom stereocenters. The van der Waals surface area contributed by atoms with Crippen LogP contribution in [0.3, 0.4) is 0 Å². The third-order valence-corrected chi connectivity index (χ3v) is 4.25. The second-order valence-electron chi connectivity index (χ2n) is 6.30. The first-order valence-corrected chi connectivity index (χ1v) is 9.04. The zero-order chi connectivity index (χ0) is 17.7. The van der Waals surface area contributed by atoms with Crippen LogP contribution in [0.2, 0.25) is 10.0 Å². The highest BCUT2D eigenvalue weighted by Gasteiger charge is 2.16. The SMILES string of the molecule is CCCCN(C)Cc1cn[nH]c1-c1cc(Cl)c(OC(C)C)c(Cl)c1. The number of benzene rings is 1. The van der Waals surface area contributed by atoms with Crippen molar-refractivity contribution in [2.75, 3.05) is 13.6 Å². The van der Waals surface area contributed by atoms with E-state index in [2.05, 4.69) is 29.1 Å². The first-order chi connectivity index (χ1) is 11.4. The lowest BCUT2D eigenvalue weighted by Crippen LogP contribution is -2.19. The van der Waals surface area contributed by atoms with Crippen LogP contribution in [0.1, 0.15) is 39.2 Å². The van der Waals surface area contributed by atoms with Crippen molar-refractivity contribution in [3.63, 3.8) is 0 Å². The van der Waals surface area contributed by atoms with E-state index in [-0.39, 0.29) is 6.10 Å². The van der Waals surface area contributed by atoms with Gasteiger partial charge in [0.15, 0.2) is 5.75 Å². The number of H-pyrrole nitrogens is 1. The van der Waals surface area contributed by atoms with Crippen LogP contribution >= 0.6 is 23.2 Å². The molecule has 1 N–H and O–H groups in total. The van der Waals surface area contributed by atoms with Crippen molar-refractivity contribution in [3.05, 3.63) is 33.9 Å². The van der Waals surface area contributed by atoms with E-state index in [1.165, 1.54) is 12.8 Å². The summed E-state index contributed by atoms with van der Waals surface area (Å²) in [6.45, 7) is 7.97. The molecule has 1 heterocycles. The molecule has 0 amide bonds. The number of nitrogens with zero attached hydrogens (tertiary/aromatic N) is 2. The highest BCUT2D eigenvalue weighted by Crippen LogP contribution is 2.38. The maximum absolute atomic E-state index is 6.37. The first kappa shape index (κ1) is 19.1. The smallest absolute Gasteiger partial charge is 0.156 e. The predicted molar refractivity (Wildman–Crippen MR) is 101 cm³/mol. The van der Waals surface area contributed by atoms with Gasteiger partial charge in [0, 0.05) is 17.7 Å². The van der Waals surface area contributed by atoms with Gasteiger partial charge in [0.1, 0.15) is 0 Å². The molecule has 0 bridgehead atoms. The van der Waals surface area contributed by atoms with E-state index in [0.717, 1.165) is 29.9 Å². The molecule has 1 aromatic heterocycles. The van der Waals surface area contributed by atoms with Gasteiger partial charge in [0.25, 0.3) is 0 Å². The summed E-state index contributed by atoms with van der Waals surface area (Å²) >= 11 is 12.7. The maximum atomic E-state index is 6.37. The molecule has 0 aliphatic rings. The van der Waals surface area contributed by atoms with Gasteiger partial charge >= 0.3 is 0 Å². The molecule has 6 heteroatoms. The zero-order valence-corrected chi connectivity index (χ0v) is 16.2. The average molecular weight is 370 g/mol. The molecule has 0 fully saturated rings. The lowest BCUT2D eigenvalue weighted by molar-refractivity contribution is 0.243. The zero-order valence-electron chi connectivity index (χ0n) is 14.7. The molecule has 1 aromatic carbocycles. The van der Waals surface area contributed by atoms with Crippen molar-refractivity contribution in [1.82, 2.24) is 15.1 Å². The van der Waals surface area contributed by atoms with Crippen molar-refractivity contribution in [3.8, 4) is 17.0 Å². The molecular weight excluding hydrogens is 345 g/mol. The Bertz CT molecular complexity index is 647. The highest BCUT2D eigenvalue weighted by molar-refractivity contribution is 6.37. The number of hydrogen-bond acceptors (Lipinski definition) is 3. The molecule has 24 heavy (non-hydrogen) atoms. The lowest BCUT2D eigenvalue weighted by Gasteiger charge is -2.17. The van der Waals surface area contributed by atoms with Gasteiger partial charge in [-0.1, -0.05) is 36.5 Å². The van der Waals surface area contributed by atoms with Crippen LogP contribution in [0.5, 0.6) is 5.75 Å². The van der Waals surface area contributed by atoms with Crippen molar-refractivity contribution in [2.24, 2.45) is 0 Å². The van der Waals surface area contributed by atoms with E-state index < -0.39 is 0 Å². The maximum Gasteiger partial charge on any atom is 0.156 e. The summed E-state index contributed by atoms with van der Waals surface area (Å²) in [5.74, 6) is 0.526. The number of ether oxygens (including phenoxy) is 1. The number of rotatable bonds is 8. The quantitative estimate of drug-likeness (QED) is 0.676. The Morgan fingerprint density at radius 2 is 1.92 bits per heavy atom. The van der Waals surface area contributed by atoms with Crippen LogP contribution in [0.25, 0.3) is 11.3 Å². The second-order valence-corrected chi connectivity index (χ2v) is 7.11. The van der Waals surface area contributed by atoms with E-state index >= 15 is 0 Å². The number of unbranched alkanes of at least 4 members (excludes halogenated alkanes) is 1. The van der Waals surface area contributed by atoms with Crippen molar-refractivity contribution >= 4 is 23.2 Å². The number of aromatic amines is 1. The third-order valence-electron chi connectivity index (χ3n) is 3.69. The van der Waals surface area contributed by atoms with E-state index in [1.807, 2.05) is 32.2 Å². The molecule has 132 valence electrons.